The van der Waals surface area contributed by atoms with Crippen molar-refractivity contribution in [2.75, 3.05) is 46.5 Å². The molecule has 0 aliphatic rings. The first kappa shape index (κ1) is 19.6. The number of hydrogen-bond acceptors (Lipinski definition) is 4. The summed E-state index contributed by atoms with van der Waals surface area (Å²) in [4.78, 5) is 13.9. The smallest absolute Gasteiger partial charge is 0.224 e. The molecule has 0 unspecified atom stereocenters. The summed E-state index contributed by atoms with van der Waals surface area (Å²) in [6, 6.07) is 9.46. The molecule has 0 fully saturated rings. The number of amides is 1. The molecule has 0 spiro atoms. The normalized spacial score (nSPS) is 11.9. The fraction of sp³-hybridized carbons (Fsp3) is 0.562. The van der Waals surface area contributed by atoms with Crippen LogP contribution in [-0.2, 0) is 21.2 Å². The maximum atomic E-state index is 11.9. The predicted octanol–water partition coefficient (Wildman–Crippen LogP) is 0.559. The summed E-state index contributed by atoms with van der Waals surface area (Å²) in [5, 5.41) is 2.78. The Labute approximate surface area is 139 Å². The molecule has 6 nitrogen and oxygen atoms in total. The van der Waals surface area contributed by atoms with E-state index >= 15 is 0 Å². The van der Waals surface area contributed by atoms with E-state index in [-0.39, 0.29) is 5.91 Å². The Hall–Kier alpha value is -1.44. The third-order valence-electron chi connectivity index (χ3n) is 3.37. The topological polar surface area (TPSA) is 69.7 Å². The van der Waals surface area contributed by atoms with Gasteiger partial charge in [0, 0.05) is 19.6 Å². The van der Waals surface area contributed by atoms with Crippen LogP contribution in [0.3, 0.4) is 0 Å². The van der Waals surface area contributed by atoms with Gasteiger partial charge >= 0.3 is 0 Å². The quantitative estimate of drug-likeness (QED) is 0.675. The average Bonchev–Trinajstić information content (AvgIpc) is 2.45. The molecule has 23 heavy (non-hydrogen) atoms. The number of carbonyl (C=O) groups is 1. The van der Waals surface area contributed by atoms with Gasteiger partial charge in [0.2, 0.25) is 15.9 Å². The number of nitrogens with zero attached hydrogens (tertiary/aromatic N) is 2. The lowest BCUT2D eigenvalue weighted by Gasteiger charge is -2.21. The second kappa shape index (κ2) is 9.64. The van der Waals surface area contributed by atoms with Gasteiger partial charge in [0.25, 0.3) is 0 Å². The van der Waals surface area contributed by atoms with Gasteiger partial charge in [0.1, 0.15) is 0 Å². The van der Waals surface area contributed by atoms with Gasteiger partial charge in [0.15, 0.2) is 0 Å². The Morgan fingerprint density at radius 1 is 1.09 bits per heavy atom. The summed E-state index contributed by atoms with van der Waals surface area (Å²) in [5.41, 5.74) is 0.941. The Bertz CT molecular complexity index is 573. The van der Waals surface area contributed by atoms with Crippen LogP contribution in [0.4, 0.5) is 0 Å². The third-order valence-corrected chi connectivity index (χ3v) is 4.68. The van der Waals surface area contributed by atoms with Crippen molar-refractivity contribution < 1.29 is 13.2 Å². The van der Waals surface area contributed by atoms with E-state index in [0.717, 1.165) is 18.5 Å². The Kier molecular flexibility index (Phi) is 8.22. The zero-order chi connectivity index (χ0) is 17.3. The molecule has 1 rings (SSSR count). The molecular weight excluding hydrogens is 314 g/mol. The first-order valence-corrected chi connectivity index (χ1v) is 9.54. The second-order valence-corrected chi connectivity index (χ2v) is 7.81. The molecular formula is C16H27N3O3S. The van der Waals surface area contributed by atoms with Crippen molar-refractivity contribution in [1.82, 2.24) is 14.5 Å². The van der Waals surface area contributed by atoms with Gasteiger partial charge in [0.05, 0.1) is 12.7 Å². The highest BCUT2D eigenvalue weighted by molar-refractivity contribution is 7.88. The largest absolute Gasteiger partial charge is 0.354 e. The molecule has 1 amide bonds. The van der Waals surface area contributed by atoms with E-state index in [0.29, 0.717) is 26.1 Å². The summed E-state index contributed by atoms with van der Waals surface area (Å²) >= 11 is 0. The van der Waals surface area contributed by atoms with Gasteiger partial charge in [-0.3, -0.25) is 4.79 Å². The Balaban J connectivity index is 2.38. The number of hydrogen-bond donors (Lipinski definition) is 1. The molecule has 0 aromatic heterocycles. The van der Waals surface area contributed by atoms with E-state index in [9.17, 15) is 13.2 Å². The minimum absolute atomic E-state index is 0.0991. The maximum Gasteiger partial charge on any atom is 0.224 e. The number of sulfonamides is 1. The van der Waals surface area contributed by atoms with E-state index in [4.69, 9.17) is 0 Å². The third kappa shape index (κ3) is 8.68. The molecule has 0 saturated carbocycles. The number of benzene rings is 1. The van der Waals surface area contributed by atoms with Gasteiger partial charge in [-0.15, -0.1) is 0 Å². The highest BCUT2D eigenvalue weighted by Gasteiger charge is 2.16. The van der Waals surface area contributed by atoms with Crippen LogP contribution in [0.2, 0.25) is 0 Å². The van der Waals surface area contributed by atoms with Crippen LogP contribution in [0.1, 0.15) is 12.0 Å². The molecule has 1 aromatic carbocycles. The predicted molar refractivity (Wildman–Crippen MR) is 92.7 cm³/mol. The zero-order valence-electron chi connectivity index (χ0n) is 14.2. The average molecular weight is 341 g/mol. The Morgan fingerprint density at radius 2 is 1.74 bits per heavy atom. The first-order valence-electron chi connectivity index (χ1n) is 7.69. The van der Waals surface area contributed by atoms with Gasteiger partial charge in [-0.25, -0.2) is 12.7 Å². The first-order chi connectivity index (χ1) is 10.8. The van der Waals surface area contributed by atoms with Gasteiger partial charge in [-0.05, 0) is 32.6 Å². The Morgan fingerprint density at radius 3 is 2.30 bits per heavy atom. The minimum Gasteiger partial charge on any atom is -0.354 e. The van der Waals surface area contributed by atoms with E-state index in [1.54, 1.807) is 0 Å². The number of nitrogens with one attached hydrogen (secondary N) is 1. The summed E-state index contributed by atoms with van der Waals surface area (Å²) in [6.07, 6.45) is 2.27. The standard InChI is InChI=1S/C16H27N3O3S/c1-18(2)11-7-12-19(23(3,21)22)13-10-17-16(20)14-15-8-5-4-6-9-15/h4-6,8-9H,7,10-14H2,1-3H3,(H,17,20). The van der Waals surface area contributed by atoms with E-state index in [1.807, 2.05) is 49.3 Å². The van der Waals surface area contributed by atoms with Crippen molar-refractivity contribution in [3.8, 4) is 0 Å². The fourth-order valence-electron chi connectivity index (χ4n) is 2.17. The number of rotatable bonds is 10. The van der Waals surface area contributed by atoms with E-state index in [2.05, 4.69) is 5.32 Å². The monoisotopic (exact) mass is 341 g/mol. The van der Waals surface area contributed by atoms with Crippen molar-refractivity contribution in [3.63, 3.8) is 0 Å². The van der Waals surface area contributed by atoms with E-state index < -0.39 is 10.0 Å². The maximum absolute atomic E-state index is 11.9. The van der Waals surface area contributed by atoms with Crippen molar-refractivity contribution in [1.29, 1.82) is 0 Å². The molecule has 0 bridgehead atoms. The molecule has 1 aromatic rings. The highest BCUT2D eigenvalue weighted by atomic mass is 32.2. The van der Waals surface area contributed by atoms with Crippen molar-refractivity contribution >= 4 is 15.9 Å². The lowest BCUT2D eigenvalue weighted by Crippen LogP contribution is -2.39. The van der Waals surface area contributed by atoms with Crippen LogP contribution < -0.4 is 5.32 Å². The van der Waals surface area contributed by atoms with Crippen LogP contribution >= 0.6 is 0 Å². The van der Waals surface area contributed by atoms with Crippen LogP contribution in [0, 0.1) is 0 Å². The molecule has 130 valence electrons. The van der Waals surface area contributed by atoms with E-state index in [1.165, 1.54) is 10.6 Å². The fourth-order valence-corrected chi connectivity index (χ4v) is 3.05. The lowest BCUT2D eigenvalue weighted by molar-refractivity contribution is -0.120. The van der Waals surface area contributed by atoms with Gasteiger partial charge in [-0.1, -0.05) is 30.3 Å². The van der Waals surface area contributed by atoms with Crippen molar-refractivity contribution in [2.24, 2.45) is 0 Å². The second-order valence-electron chi connectivity index (χ2n) is 5.83. The molecule has 0 radical (unpaired) electrons. The van der Waals surface area contributed by atoms with Crippen molar-refractivity contribution in [2.45, 2.75) is 12.8 Å². The highest BCUT2D eigenvalue weighted by Crippen LogP contribution is 2.01. The summed E-state index contributed by atoms with van der Waals surface area (Å²) in [5.74, 6) is -0.0991. The van der Waals surface area contributed by atoms with Crippen molar-refractivity contribution in [3.05, 3.63) is 35.9 Å². The SMILES string of the molecule is CN(C)CCCN(CCNC(=O)Cc1ccccc1)S(C)(=O)=O. The van der Waals surface area contributed by atoms with Crippen LogP contribution in [0.15, 0.2) is 30.3 Å². The molecule has 0 heterocycles. The van der Waals surface area contributed by atoms with Crippen LogP contribution in [0.25, 0.3) is 0 Å². The molecule has 7 heteroatoms. The summed E-state index contributed by atoms with van der Waals surface area (Å²) in [6.45, 7) is 1.91. The summed E-state index contributed by atoms with van der Waals surface area (Å²) < 4.78 is 25.0. The number of carbonyl (C=O) groups excluding carboxylic acids is 1. The molecule has 0 aliphatic carbocycles. The van der Waals surface area contributed by atoms with Crippen LogP contribution in [-0.4, -0.2) is 70.1 Å². The molecule has 0 aliphatic heterocycles. The zero-order valence-corrected chi connectivity index (χ0v) is 15.0. The molecule has 0 atom stereocenters. The minimum atomic E-state index is -3.26. The molecule has 0 saturated heterocycles. The lowest BCUT2D eigenvalue weighted by atomic mass is 10.1. The molecule has 1 N–H and O–H groups in total. The summed E-state index contributed by atoms with van der Waals surface area (Å²) in [7, 11) is 0.650. The van der Waals surface area contributed by atoms with Gasteiger partial charge in [-0.2, -0.15) is 0 Å². The van der Waals surface area contributed by atoms with Gasteiger partial charge < -0.3 is 10.2 Å². The van der Waals surface area contributed by atoms with Crippen LogP contribution in [0.5, 0.6) is 0 Å².